The Bertz CT molecular complexity index is 360. The summed E-state index contributed by atoms with van der Waals surface area (Å²) in [5, 5.41) is 0. The minimum atomic E-state index is -4.54. The van der Waals surface area contributed by atoms with Gasteiger partial charge in [0.25, 0.3) is 5.56 Å². The van der Waals surface area contributed by atoms with E-state index in [1.54, 1.807) is 0 Å². The van der Waals surface area contributed by atoms with Crippen LogP contribution in [0, 0.1) is 0 Å². The molecule has 0 aliphatic carbocycles. The zero-order valence-electron chi connectivity index (χ0n) is 7.03. The van der Waals surface area contributed by atoms with Crippen LogP contribution in [0.1, 0.15) is 6.04 Å². The molecule has 0 amide bonds. The minimum absolute atomic E-state index is 0.472. The number of nitrogens with two attached hydrogens (primary N) is 1. The van der Waals surface area contributed by atoms with E-state index in [9.17, 15) is 18.0 Å². The molecule has 0 bridgehead atoms. The van der Waals surface area contributed by atoms with E-state index in [0.29, 0.717) is 4.57 Å². The van der Waals surface area contributed by atoms with E-state index in [2.05, 4.69) is 4.98 Å². The maximum Gasteiger partial charge on any atom is 0.410 e. The van der Waals surface area contributed by atoms with Crippen molar-refractivity contribution >= 4 is 0 Å². The van der Waals surface area contributed by atoms with Gasteiger partial charge in [-0.3, -0.25) is 9.36 Å². The molecular formula is C7H8F3N3O. The summed E-state index contributed by atoms with van der Waals surface area (Å²) in [5.41, 5.74) is 4.18. The molecule has 1 aromatic rings. The Hall–Kier alpha value is -1.37. The second-order valence-corrected chi connectivity index (χ2v) is 2.62. The van der Waals surface area contributed by atoms with Crippen LogP contribution in [-0.4, -0.2) is 22.3 Å². The highest BCUT2D eigenvalue weighted by Gasteiger charge is 2.40. The standard InChI is InChI=1S/C7H8F3N3O/c8-7(9,10)5(3-11)13-4-12-2-1-6(13)14/h1-2,4-5H,3,11H2. The Morgan fingerprint density at radius 1 is 1.57 bits per heavy atom. The van der Waals surface area contributed by atoms with Gasteiger partial charge in [0.1, 0.15) is 6.04 Å². The maximum absolute atomic E-state index is 12.3. The van der Waals surface area contributed by atoms with Gasteiger partial charge in [-0.2, -0.15) is 13.2 Å². The van der Waals surface area contributed by atoms with Crippen molar-refractivity contribution in [3.63, 3.8) is 0 Å². The van der Waals surface area contributed by atoms with Gasteiger partial charge in [0.2, 0.25) is 0 Å². The molecule has 0 spiro atoms. The summed E-state index contributed by atoms with van der Waals surface area (Å²) in [4.78, 5) is 14.5. The second kappa shape index (κ2) is 3.79. The number of aromatic nitrogens is 2. The zero-order valence-corrected chi connectivity index (χ0v) is 7.03. The van der Waals surface area contributed by atoms with Gasteiger partial charge in [-0.1, -0.05) is 0 Å². The summed E-state index contributed by atoms with van der Waals surface area (Å²) >= 11 is 0. The first-order valence-corrected chi connectivity index (χ1v) is 3.75. The highest BCUT2D eigenvalue weighted by Crippen LogP contribution is 2.27. The number of halogens is 3. The lowest BCUT2D eigenvalue weighted by Crippen LogP contribution is -2.38. The highest BCUT2D eigenvalue weighted by atomic mass is 19.4. The molecule has 0 aromatic carbocycles. The van der Waals surface area contributed by atoms with Gasteiger partial charge < -0.3 is 5.73 Å². The summed E-state index contributed by atoms with van der Waals surface area (Å²) in [6.45, 7) is -0.685. The van der Waals surface area contributed by atoms with E-state index in [1.165, 1.54) is 0 Å². The van der Waals surface area contributed by atoms with E-state index in [-0.39, 0.29) is 0 Å². The molecule has 0 fully saturated rings. The topological polar surface area (TPSA) is 60.9 Å². The fourth-order valence-electron chi connectivity index (χ4n) is 0.999. The third kappa shape index (κ3) is 2.11. The lowest BCUT2D eigenvalue weighted by Gasteiger charge is -2.19. The van der Waals surface area contributed by atoms with Crippen molar-refractivity contribution in [1.29, 1.82) is 0 Å². The van der Waals surface area contributed by atoms with Gasteiger partial charge in [0.15, 0.2) is 0 Å². The van der Waals surface area contributed by atoms with Crippen LogP contribution in [0.3, 0.4) is 0 Å². The summed E-state index contributed by atoms with van der Waals surface area (Å²) in [6.07, 6.45) is -2.59. The number of nitrogens with zero attached hydrogens (tertiary/aromatic N) is 2. The Labute approximate surface area is 77.2 Å². The normalized spacial score (nSPS) is 14.0. The van der Waals surface area contributed by atoms with Crippen LogP contribution >= 0.6 is 0 Å². The fourth-order valence-corrected chi connectivity index (χ4v) is 0.999. The first-order valence-electron chi connectivity index (χ1n) is 3.75. The van der Waals surface area contributed by atoms with Crippen LogP contribution < -0.4 is 11.3 Å². The fraction of sp³-hybridized carbons (Fsp3) is 0.429. The Morgan fingerprint density at radius 2 is 2.21 bits per heavy atom. The number of hydrogen-bond donors (Lipinski definition) is 1. The molecule has 0 radical (unpaired) electrons. The molecule has 0 saturated carbocycles. The van der Waals surface area contributed by atoms with Crippen LogP contribution in [0.15, 0.2) is 23.4 Å². The summed E-state index contributed by atoms with van der Waals surface area (Å²) in [5.74, 6) is 0. The van der Waals surface area contributed by atoms with E-state index in [1.807, 2.05) is 0 Å². The van der Waals surface area contributed by atoms with Gasteiger partial charge in [0.05, 0.1) is 6.33 Å². The maximum atomic E-state index is 12.3. The molecule has 1 heterocycles. The smallest absolute Gasteiger partial charge is 0.328 e. The average Bonchev–Trinajstić information content (AvgIpc) is 2.07. The van der Waals surface area contributed by atoms with Crippen LogP contribution in [0.4, 0.5) is 13.2 Å². The van der Waals surface area contributed by atoms with Gasteiger partial charge in [0, 0.05) is 18.8 Å². The lowest BCUT2D eigenvalue weighted by molar-refractivity contribution is -0.165. The highest BCUT2D eigenvalue weighted by molar-refractivity contribution is 4.88. The van der Waals surface area contributed by atoms with E-state index >= 15 is 0 Å². The molecular weight excluding hydrogens is 199 g/mol. The Morgan fingerprint density at radius 3 is 2.64 bits per heavy atom. The average molecular weight is 207 g/mol. The number of alkyl halides is 3. The molecule has 1 unspecified atom stereocenters. The first kappa shape index (κ1) is 10.7. The quantitative estimate of drug-likeness (QED) is 0.758. The molecule has 7 heteroatoms. The Balaban J connectivity index is 3.14. The van der Waals surface area contributed by atoms with Crippen molar-refractivity contribution in [3.05, 3.63) is 28.9 Å². The van der Waals surface area contributed by atoms with Crippen molar-refractivity contribution in [2.45, 2.75) is 12.2 Å². The third-order valence-electron chi connectivity index (χ3n) is 1.69. The van der Waals surface area contributed by atoms with Crippen molar-refractivity contribution in [2.75, 3.05) is 6.54 Å². The SMILES string of the molecule is NCC(n1cnccc1=O)C(F)(F)F. The third-order valence-corrected chi connectivity index (χ3v) is 1.69. The van der Waals surface area contributed by atoms with E-state index in [4.69, 9.17) is 5.73 Å². The van der Waals surface area contributed by atoms with Crippen LogP contribution in [0.5, 0.6) is 0 Å². The summed E-state index contributed by atoms with van der Waals surface area (Å²) in [7, 11) is 0. The van der Waals surface area contributed by atoms with Gasteiger partial charge in [-0.05, 0) is 0 Å². The molecule has 4 nitrogen and oxygen atoms in total. The molecule has 0 aliphatic heterocycles. The lowest BCUT2D eigenvalue weighted by atomic mass is 10.3. The van der Waals surface area contributed by atoms with E-state index in [0.717, 1.165) is 18.6 Å². The van der Waals surface area contributed by atoms with Crippen LogP contribution in [0.2, 0.25) is 0 Å². The molecule has 78 valence electrons. The largest absolute Gasteiger partial charge is 0.410 e. The zero-order chi connectivity index (χ0) is 10.8. The predicted molar refractivity (Wildman–Crippen MR) is 42.6 cm³/mol. The van der Waals surface area contributed by atoms with Gasteiger partial charge >= 0.3 is 6.18 Å². The van der Waals surface area contributed by atoms with Gasteiger partial charge in [-0.25, -0.2) is 4.98 Å². The predicted octanol–water partition coefficient (Wildman–Crippen LogP) is 0.305. The van der Waals surface area contributed by atoms with Gasteiger partial charge in [-0.15, -0.1) is 0 Å². The van der Waals surface area contributed by atoms with E-state index < -0.39 is 24.3 Å². The molecule has 1 atom stereocenters. The number of rotatable bonds is 2. The number of hydrogen-bond acceptors (Lipinski definition) is 3. The van der Waals surface area contributed by atoms with Crippen LogP contribution in [0.25, 0.3) is 0 Å². The molecule has 1 rings (SSSR count). The summed E-state index contributed by atoms with van der Waals surface area (Å²) < 4.78 is 37.4. The Kier molecular flexibility index (Phi) is 2.90. The molecule has 0 saturated heterocycles. The second-order valence-electron chi connectivity index (χ2n) is 2.62. The molecule has 14 heavy (non-hydrogen) atoms. The summed E-state index contributed by atoms with van der Waals surface area (Å²) in [6, 6.07) is -1.06. The molecule has 0 aliphatic rings. The first-order chi connectivity index (χ1) is 6.46. The van der Waals surface area contributed by atoms with Crippen molar-refractivity contribution in [1.82, 2.24) is 9.55 Å². The van der Waals surface area contributed by atoms with Crippen LogP contribution in [-0.2, 0) is 0 Å². The minimum Gasteiger partial charge on any atom is -0.328 e. The molecule has 2 N–H and O–H groups in total. The van der Waals surface area contributed by atoms with Crippen molar-refractivity contribution < 1.29 is 13.2 Å². The van der Waals surface area contributed by atoms with Crippen molar-refractivity contribution in [3.8, 4) is 0 Å². The molecule has 1 aromatic heterocycles. The van der Waals surface area contributed by atoms with Crippen molar-refractivity contribution in [2.24, 2.45) is 5.73 Å². The monoisotopic (exact) mass is 207 g/mol.